The summed E-state index contributed by atoms with van der Waals surface area (Å²) >= 11 is 0. The minimum Gasteiger partial charge on any atom is -0.480 e. The number of carboxylic acids is 1. The van der Waals surface area contributed by atoms with Crippen LogP contribution in [0.4, 0.5) is 0 Å². The van der Waals surface area contributed by atoms with E-state index in [-0.39, 0.29) is 23.5 Å². The van der Waals surface area contributed by atoms with Crippen molar-refractivity contribution in [1.82, 2.24) is 5.32 Å². The maximum Gasteiger partial charge on any atom is 0.319 e. The number of rotatable bonds is 5. The van der Waals surface area contributed by atoms with Crippen molar-refractivity contribution in [2.24, 2.45) is 11.3 Å². The normalized spacial score (nSPS) is 27.0. The molecule has 2 N–H and O–H groups in total. The van der Waals surface area contributed by atoms with E-state index in [0.29, 0.717) is 25.0 Å². The molecule has 0 saturated carbocycles. The largest absolute Gasteiger partial charge is 0.480 e. The highest BCUT2D eigenvalue weighted by Gasteiger charge is 2.59. The zero-order chi connectivity index (χ0) is 18.9. The van der Waals surface area contributed by atoms with Gasteiger partial charge in [-0.2, -0.15) is 0 Å². The van der Waals surface area contributed by atoms with Crippen LogP contribution in [0.5, 0.6) is 0 Å². The van der Waals surface area contributed by atoms with E-state index in [1.807, 2.05) is 30.3 Å². The van der Waals surface area contributed by atoms with Crippen molar-refractivity contribution >= 4 is 21.7 Å². The number of nitrogens with one attached hydrogen (secondary N) is 1. The third-order valence-electron chi connectivity index (χ3n) is 5.57. The van der Waals surface area contributed by atoms with Gasteiger partial charge in [0.15, 0.2) is 15.3 Å². The summed E-state index contributed by atoms with van der Waals surface area (Å²) in [5.41, 5.74) is 0.0388. The number of hydrogen-bond acceptors (Lipinski definition) is 4. The van der Waals surface area contributed by atoms with Crippen molar-refractivity contribution in [2.75, 3.05) is 12.3 Å². The zero-order valence-corrected chi connectivity index (χ0v) is 15.5. The molecule has 140 valence electrons. The molecule has 0 aromatic heterocycles. The zero-order valence-electron chi connectivity index (χ0n) is 14.7. The third-order valence-corrected chi connectivity index (χ3v) is 7.64. The number of carbonyl (C=O) groups is 2. The third kappa shape index (κ3) is 3.05. The molecule has 1 fully saturated rings. The first-order valence-electron chi connectivity index (χ1n) is 8.77. The van der Waals surface area contributed by atoms with Gasteiger partial charge in [0.2, 0.25) is 5.91 Å². The highest BCUT2D eigenvalue weighted by Crippen LogP contribution is 2.52. The van der Waals surface area contributed by atoms with Crippen LogP contribution in [0.1, 0.15) is 31.7 Å². The summed E-state index contributed by atoms with van der Waals surface area (Å²) in [5, 5.41) is 12.6. The van der Waals surface area contributed by atoms with Crippen LogP contribution in [0.2, 0.25) is 0 Å². The first-order valence-corrected chi connectivity index (χ1v) is 10.4. The summed E-state index contributed by atoms with van der Waals surface area (Å²) in [6, 6.07) is 9.59. The molecule has 1 aromatic rings. The molecule has 1 aromatic carbocycles. The van der Waals surface area contributed by atoms with E-state index in [1.54, 1.807) is 6.92 Å². The summed E-state index contributed by atoms with van der Waals surface area (Å²) in [6.45, 7) is 2.04. The Morgan fingerprint density at radius 2 is 1.96 bits per heavy atom. The van der Waals surface area contributed by atoms with E-state index in [0.717, 1.165) is 5.56 Å². The maximum absolute atomic E-state index is 12.9. The second-order valence-corrected chi connectivity index (χ2v) is 9.15. The minimum absolute atomic E-state index is 0.0866. The number of hydrogen-bond donors (Lipinski definition) is 2. The fraction of sp³-hybridized carbons (Fsp3) is 0.474. The molecular weight excluding hydrogens is 354 g/mol. The lowest BCUT2D eigenvalue weighted by molar-refractivity contribution is -0.160. The Kier molecular flexibility index (Phi) is 4.92. The summed E-state index contributed by atoms with van der Waals surface area (Å²) < 4.78 is 24.7. The van der Waals surface area contributed by atoms with Gasteiger partial charge in [0, 0.05) is 17.4 Å². The summed E-state index contributed by atoms with van der Waals surface area (Å²) in [4.78, 5) is 25.2. The minimum atomic E-state index is -3.46. The average molecular weight is 377 g/mol. The molecule has 2 unspecified atom stereocenters. The SMILES string of the molecule is CC1=C2C(CCS2(=O)=O)C(C(=O)O)(C(=O)NCCc2ccccc2)CC1. The molecule has 2 atom stereocenters. The van der Waals surface area contributed by atoms with Crippen molar-refractivity contribution in [3.63, 3.8) is 0 Å². The Balaban J connectivity index is 1.82. The number of benzene rings is 1. The lowest BCUT2D eigenvalue weighted by Gasteiger charge is -2.38. The van der Waals surface area contributed by atoms with Crippen molar-refractivity contribution in [3.05, 3.63) is 46.4 Å². The number of sulfone groups is 1. The molecule has 3 rings (SSSR count). The van der Waals surface area contributed by atoms with Crippen LogP contribution < -0.4 is 5.32 Å². The first-order chi connectivity index (χ1) is 12.3. The van der Waals surface area contributed by atoms with Gasteiger partial charge in [-0.1, -0.05) is 35.9 Å². The van der Waals surface area contributed by atoms with E-state index < -0.39 is 33.0 Å². The summed E-state index contributed by atoms with van der Waals surface area (Å²) in [6.07, 6.45) is 1.22. The molecule has 1 saturated heterocycles. The Morgan fingerprint density at radius 3 is 2.62 bits per heavy atom. The van der Waals surface area contributed by atoms with Gasteiger partial charge in [-0.05, 0) is 38.2 Å². The van der Waals surface area contributed by atoms with E-state index in [9.17, 15) is 23.1 Å². The molecule has 7 heteroatoms. The fourth-order valence-corrected chi connectivity index (χ4v) is 6.35. The molecule has 6 nitrogen and oxygen atoms in total. The van der Waals surface area contributed by atoms with Gasteiger partial charge in [0.05, 0.1) is 5.75 Å². The highest BCUT2D eigenvalue weighted by molar-refractivity contribution is 7.95. The second-order valence-electron chi connectivity index (χ2n) is 7.07. The topological polar surface area (TPSA) is 101 Å². The van der Waals surface area contributed by atoms with Crippen molar-refractivity contribution in [1.29, 1.82) is 0 Å². The number of carboxylic acid groups (broad SMARTS) is 1. The molecule has 1 aliphatic heterocycles. The van der Waals surface area contributed by atoms with Crippen LogP contribution in [-0.2, 0) is 25.8 Å². The predicted molar refractivity (Wildman–Crippen MR) is 97.1 cm³/mol. The molecule has 1 amide bonds. The monoisotopic (exact) mass is 377 g/mol. The molecule has 2 aliphatic rings. The van der Waals surface area contributed by atoms with Crippen molar-refractivity contribution < 1.29 is 23.1 Å². The van der Waals surface area contributed by atoms with E-state index in [1.165, 1.54) is 0 Å². The van der Waals surface area contributed by atoms with E-state index >= 15 is 0 Å². The summed E-state index contributed by atoms with van der Waals surface area (Å²) in [7, 11) is -3.46. The molecule has 0 bridgehead atoms. The standard InChI is InChI=1S/C19H23NO5S/c1-13-7-10-19(18(22)23,15-9-12-26(24,25)16(13)15)17(21)20-11-8-14-5-3-2-4-6-14/h2-6,15H,7-12H2,1H3,(H,20,21)(H,22,23). The Labute approximate surface area is 153 Å². The lowest BCUT2D eigenvalue weighted by Crippen LogP contribution is -2.53. The highest BCUT2D eigenvalue weighted by atomic mass is 32.2. The Hall–Kier alpha value is -2.15. The van der Waals surface area contributed by atoms with Gasteiger partial charge in [-0.3, -0.25) is 9.59 Å². The van der Waals surface area contributed by atoms with Crippen molar-refractivity contribution in [3.8, 4) is 0 Å². The van der Waals surface area contributed by atoms with Gasteiger partial charge in [-0.25, -0.2) is 8.42 Å². The van der Waals surface area contributed by atoms with Crippen molar-refractivity contribution in [2.45, 2.75) is 32.6 Å². The molecule has 0 radical (unpaired) electrons. The first kappa shape index (κ1) is 18.6. The van der Waals surface area contributed by atoms with Gasteiger partial charge >= 0.3 is 5.97 Å². The molecule has 1 aliphatic carbocycles. The number of amides is 1. The number of allylic oxidation sites excluding steroid dienone is 2. The van der Waals surface area contributed by atoms with Crippen LogP contribution in [0, 0.1) is 11.3 Å². The number of aliphatic carboxylic acids is 1. The smallest absolute Gasteiger partial charge is 0.319 e. The van der Waals surface area contributed by atoms with Gasteiger partial charge in [0.1, 0.15) is 0 Å². The Morgan fingerprint density at radius 1 is 1.27 bits per heavy atom. The van der Waals surface area contributed by atoms with Gasteiger partial charge in [0.25, 0.3) is 0 Å². The predicted octanol–water partition coefficient (Wildman–Crippen LogP) is 1.92. The second kappa shape index (κ2) is 6.87. The van der Waals surface area contributed by atoms with Crippen LogP contribution in [0.25, 0.3) is 0 Å². The van der Waals surface area contributed by atoms with Crippen LogP contribution >= 0.6 is 0 Å². The van der Waals surface area contributed by atoms with Gasteiger partial charge < -0.3 is 10.4 Å². The summed E-state index contributed by atoms with van der Waals surface area (Å²) in [5.74, 6) is -2.67. The molecule has 0 spiro atoms. The molecule has 26 heavy (non-hydrogen) atoms. The average Bonchev–Trinajstić information content (AvgIpc) is 2.93. The van der Waals surface area contributed by atoms with E-state index in [4.69, 9.17) is 0 Å². The lowest BCUT2D eigenvalue weighted by atomic mass is 9.65. The van der Waals surface area contributed by atoms with Crippen LogP contribution in [0.3, 0.4) is 0 Å². The molecule has 1 heterocycles. The van der Waals surface area contributed by atoms with Crippen LogP contribution in [-0.4, -0.2) is 37.7 Å². The molecular formula is C19H23NO5S. The van der Waals surface area contributed by atoms with E-state index in [2.05, 4.69) is 5.32 Å². The number of fused-ring (bicyclic) bond motifs is 1. The quantitative estimate of drug-likeness (QED) is 0.764. The van der Waals surface area contributed by atoms with Gasteiger partial charge in [-0.15, -0.1) is 0 Å². The van der Waals surface area contributed by atoms with Crippen LogP contribution in [0.15, 0.2) is 40.8 Å². The Bertz CT molecular complexity index is 859. The number of carbonyl (C=O) groups excluding carboxylic acids is 1. The fourth-order valence-electron chi connectivity index (χ4n) is 4.19. The maximum atomic E-state index is 12.9.